The Labute approximate surface area is 121 Å². The molecule has 106 valence electrons. The number of nitrogens with zero attached hydrogens (tertiary/aromatic N) is 1. The van der Waals surface area contributed by atoms with Gasteiger partial charge in [0.05, 0.1) is 0 Å². The number of likely N-dealkylation sites (tertiary alicyclic amines) is 1. The lowest BCUT2D eigenvalue weighted by atomic mass is 9.93. The summed E-state index contributed by atoms with van der Waals surface area (Å²) in [5.74, 6) is 0. The van der Waals surface area contributed by atoms with Crippen LogP contribution in [0.5, 0.6) is 0 Å². The molecule has 1 fully saturated rings. The number of nitrogens with two attached hydrogens (primary N) is 1. The minimum Gasteiger partial charge on any atom is -0.329 e. The lowest BCUT2D eigenvalue weighted by molar-refractivity contribution is 0.224. The summed E-state index contributed by atoms with van der Waals surface area (Å²) in [5.41, 5.74) is 7.92. The van der Waals surface area contributed by atoms with E-state index in [2.05, 4.69) is 61.2 Å². The Kier molecular flexibility index (Phi) is 3.53. The minimum absolute atomic E-state index is 0.336. The van der Waals surface area contributed by atoms with Crippen molar-refractivity contribution in [2.75, 3.05) is 19.6 Å². The molecule has 1 atom stereocenters. The standard InChI is InChI=1S/C18H24N2/c1-18(2)10-11-20(13-18)17(12-19)16-9-5-7-14-6-3-4-8-15(14)16/h3-9,17H,10-13,19H2,1-2H3. The highest BCUT2D eigenvalue weighted by Gasteiger charge is 2.33. The molecular formula is C18H24N2. The Hall–Kier alpha value is -1.38. The lowest BCUT2D eigenvalue weighted by Gasteiger charge is -2.29. The van der Waals surface area contributed by atoms with E-state index in [4.69, 9.17) is 5.73 Å². The summed E-state index contributed by atoms with van der Waals surface area (Å²) in [7, 11) is 0. The molecule has 2 N–H and O–H groups in total. The molecule has 2 heteroatoms. The van der Waals surface area contributed by atoms with Crippen LogP contribution in [0.25, 0.3) is 10.8 Å². The molecule has 0 bridgehead atoms. The smallest absolute Gasteiger partial charge is 0.0476 e. The molecule has 0 radical (unpaired) electrons. The van der Waals surface area contributed by atoms with Crippen molar-refractivity contribution >= 4 is 10.8 Å². The first-order valence-electron chi connectivity index (χ1n) is 7.52. The molecule has 0 spiro atoms. The number of fused-ring (bicyclic) bond motifs is 1. The van der Waals surface area contributed by atoms with Crippen LogP contribution in [-0.2, 0) is 0 Å². The van der Waals surface area contributed by atoms with E-state index in [-0.39, 0.29) is 0 Å². The van der Waals surface area contributed by atoms with Crippen molar-refractivity contribution in [3.63, 3.8) is 0 Å². The first-order chi connectivity index (χ1) is 9.61. The van der Waals surface area contributed by atoms with Crippen molar-refractivity contribution in [1.82, 2.24) is 4.90 Å². The van der Waals surface area contributed by atoms with Crippen molar-refractivity contribution in [1.29, 1.82) is 0 Å². The highest BCUT2D eigenvalue weighted by atomic mass is 15.2. The molecule has 1 heterocycles. The van der Waals surface area contributed by atoms with Gasteiger partial charge in [-0.2, -0.15) is 0 Å². The third-order valence-corrected chi connectivity index (χ3v) is 4.55. The van der Waals surface area contributed by atoms with Crippen LogP contribution >= 0.6 is 0 Å². The molecule has 1 aliphatic heterocycles. The number of hydrogen-bond donors (Lipinski definition) is 1. The largest absolute Gasteiger partial charge is 0.329 e. The molecule has 0 aromatic heterocycles. The van der Waals surface area contributed by atoms with Crippen LogP contribution in [0.3, 0.4) is 0 Å². The van der Waals surface area contributed by atoms with Crippen LogP contribution in [-0.4, -0.2) is 24.5 Å². The number of hydrogen-bond acceptors (Lipinski definition) is 2. The van der Waals surface area contributed by atoms with E-state index in [1.54, 1.807) is 0 Å². The monoisotopic (exact) mass is 268 g/mol. The highest BCUT2D eigenvalue weighted by Crippen LogP contribution is 2.36. The molecule has 0 amide bonds. The molecule has 20 heavy (non-hydrogen) atoms. The van der Waals surface area contributed by atoms with Crippen LogP contribution in [0.2, 0.25) is 0 Å². The first kappa shape index (κ1) is 13.6. The fourth-order valence-corrected chi connectivity index (χ4v) is 3.43. The van der Waals surface area contributed by atoms with Crippen LogP contribution in [0, 0.1) is 5.41 Å². The van der Waals surface area contributed by atoms with E-state index < -0.39 is 0 Å². The average molecular weight is 268 g/mol. The molecule has 1 aliphatic rings. The Morgan fingerprint density at radius 1 is 1.15 bits per heavy atom. The van der Waals surface area contributed by atoms with E-state index >= 15 is 0 Å². The molecular weight excluding hydrogens is 244 g/mol. The van der Waals surface area contributed by atoms with Crippen LogP contribution in [0.4, 0.5) is 0 Å². The maximum Gasteiger partial charge on any atom is 0.0476 e. The van der Waals surface area contributed by atoms with Crippen molar-refractivity contribution in [3.05, 3.63) is 48.0 Å². The minimum atomic E-state index is 0.336. The molecule has 1 saturated heterocycles. The van der Waals surface area contributed by atoms with Gasteiger partial charge in [-0.3, -0.25) is 4.90 Å². The van der Waals surface area contributed by atoms with Crippen LogP contribution in [0.15, 0.2) is 42.5 Å². The molecule has 2 aromatic carbocycles. The molecule has 1 unspecified atom stereocenters. The summed E-state index contributed by atoms with van der Waals surface area (Å²) in [4.78, 5) is 2.56. The van der Waals surface area contributed by atoms with E-state index in [0.717, 1.165) is 13.1 Å². The molecule has 2 aromatic rings. The predicted octanol–water partition coefficient (Wildman–Crippen LogP) is 3.57. The number of rotatable bonds is 3. The van der Waals surface area contributed by atoms with E-state index in [1.165, 1.54) is 22.8 Å². The van der Waals surface area contributed by atoms with Gasteiger partial charge in [-0.15, -0.1) is 0 Å². The third-order valence-electron chi connectivity index (χ3n) is 4.55. The van der Waals surface area contributed by atoms with E-state index in [9.17, 15) is 0 Å². The van der Waals surface area contributed by atoms with E-state index in [0.29, 0.717) is 18.0 Å². The average Bonchev–Trinajstić information content (AvgIpc) is 2.80. The summed E-state index contributed by atoms with van der Waals surface area (Å²) in [6.07, 6.45) is 1.26. The van der Waals surface area contributed by atoms with Gasteiger partial charge in [0.2, 0.25) is 0 Å². The first-order valence-corrected chi connectivity index (χ1v) is 7.52. The summed E-state index contributed by atoms with van der Waals surface area (Å²) in [5, 5.41) is 2.65. The summed E-state index contributed by atoms with van der Waals surface area (Å²) < 4.78 is 0. The fraction of sp³-hybridized carbons (Fsp3) is 0.444. The van der Waals surface area contributed by atoms with Gasteiger partial charge in [0, 0.05) is 19.1 Å². The van der Waals surface area contributed by atoms with E-state index in [1.807, 2.05) is 0 Å². The van der Waals surface area contributed by atoms with Gasteiger partial charge in [0.25, 0.3) is 0 Å². The Morgan fingerprint density at radius 2 is 1.90 bits per heavy atom. The fourth-order valence-electron chi connectivity index (χ4n) is 3.43. The second kappa shape index (κ2) is 5.19. The Morgan fingerprint density at radius 3 is 2.60 bits per heavy atom. The second-order valence-electron chi connectivity index (χ2n) is 6.70. The Bertz CT molecular complexity index is 598. The van der Waals surface area contributed by atoms with Gasteiger partial charge in [0.15, 0.2) is 0 Å². The van der Waals surface area contributed by atoms with Crippen molar-refractivity contribution in [3.8, 4) is 0 Å². The lowest BCUT2D eigenvalue weighted by Crippen LogP contribution is -2.33. The van der Waals surface area contributed by atoms with Gasteiger partial charge < -0.3 is 5.73 Å². The third kappa shape index (κ3) is 2.46. The zero-order valence-electron chi connectivity index (χ0n) is 12.5. The van der Waals surface area contributed by atoms with Crippen molar-refractivity contribution < 1.29 is 0 Å². The van der Waals surface area contributed by atoms with Gasteiger partial charge in [-0.05, 0) is 34.7 Å². The van der Waals surface area contributed by atoms with Gasteiger partial charge in [-0.1, -0.05) is 56.3 Å². The molecule has 0 aliphatic carbocycles. The molecule has 0 saturated carbocycles. The van der Waals surface area contributed by atoms with Crippen molar-refractivity contribution in [2.24, 2.45) is 11.1 Å². The van der Waals surface area contributed by atoms with Gasteiger partial charge >= 0.3 is 0 Å². The predicted molar refractivity (Wildman–Crippen MR) is 85.7 cm³/mol. The SMILES string of the molecule is CC1(C)CCN(C(CN)c2cccc3ccccc23)C1. The van der Waals surface area contributed by atoms with Crippen LogP contribution < -0.4 is 5.73 Å². The Balaban J connectivity index is 2.00. The maximum absolute atomic E-state index is 6.12. The molecule has 3 rings (SSSR count). The quantitative estimate of drug-likeness (QED) is 0.922. The normalized spacial score (nSPS) is 20.4. The number of benzene rings is 2. The van der Waals surface area contributed by atoms with Gasteiger partial charge in [-0.25, -0.2) is 0 Å². The highest BCUT2D eigenvalue weighted by molar-refractivity contribution is 5.86. The van der Waals surface area contributed by atoms with Gasteiger partial charge in [0.1, 0.15) is 0 Å². The topological polar surface area (TPSA) is 29.3 Å². The summed E-state index contributed by atoms with van der Waals surface area (Å²) in [6.45, 7) is 7.67. The molecule has 2 nitrogen and oxygen atoms in total. The second-order valence-corrected chi connectivity index (χ2v) is 6.70. The van der Waals surface area contributed by atoms with Crippen molar-refractivity contribution in [2.45, 2.75) is 26.3 Å². The summed E-state index contributed by atoms with van der Waals surface area (Å²) >= 11 is 0. The van der Waals surface area contributed by atoms with Crippen LogP contribution in [0.1, 0.15) is 31.9 Å². The zero-order chi connectivity index (χ0) is 14.2. The summed E-state index contributed by atoms with van der Waals surface area (Å²) in [6, 6.07) is 15.5. The maximum atomic E-state index is 6.12. The zero-order valence-corrected chi connectivity index (χ0v) is 12.5.